The maximum Gasteiger partial charge on any atom is 0.407 e. The Morgan fingerprint density at radius 1 is 1.16 bits per heavy atom. The number of amides is 1. The number of pyridine rings is 1. The summed E-state index contributed by atoms with van der Waals surface area (Å²) in [7, 11) is 0. The third-order valence-corrected chi connectivity index (χ3v) is 4.84. The molecule has 1 aromatic carbocycles. The maximum absolute atomic E-state index is 11.7. The predicted octanol–water partition coefficient (Wildman–Crippen LogP) is 4.70. The predicted molar refractivity (Wildman–Crippen MR) is 98.0 cm³/mol. The second-order valence-corrected chi connectivity index (χ2v) is 7.70. The third kappa shape index (κ3) is 3.86. The van der Waals surface area contributed by atoms with Gasteiger partial charge in [-0.15, -0.1) is 0 Å². The fourth-order valence-corrected chi connectivity index (χ4v) is 3.76. The summed E-state index contributed by atoms with van der Waals surface area (Å²) in [6.07, 6.45) is 4.45. The van der Waals surface area contributed by atoms with Crippen LogP contribution in [-0.4, -0.2) is 38.8 Å². The minimum Gasteiger partial charge on any atom is -0.490 e. The van der Waals surface area contributed by atoms with Crippen molar-refractivity contribution in [2.24, 2.45) is 0 Å². The number of para-hydroxylation sites is 1. The number of hydrogen-bond acceptors (Lipinski definition) is 3. The number of carboxylic acid groups (broad SMARTS) is 1. The van der Waals surface area contributed by atoms with Crippen LogP contribution in [0.25, 0.3) is 10.9 Å². The van der Waals surface area contributed by atoms with Crippen molar-refractivity contribution in [1.29, 1.82) is 0 Å². The molecule has 0 radical (unpaired) electrons. The van der Waals surface area contributed by atoms with E-state index in [0.717, 1.165) is 42.3 Å². The molecule has 5 nitrogen and oxygen atoms in total. The van der Waals surface area contributed by atoms with Crippen LogP contribution in [0.4, 0.5) is 4.79 Å². The van der Waals surface area contributed by atoms with Crippen LogP contribution in [0.2, 0.25) is 0 Å². The van der Waals surface area contributed by atoms with Crippen LogP contribution in [0, 0.1) is 0 Å². The Kier molecular flexibility index (Phi) is 4.84. The zero-order chi connectivity index (χ0) is 18.0. The van der Waals surface area contributed by atoms with Crippen molar-refractivity contribution >= 4 is 17.0 Å². The van der Waals surface area contributed by atoms with E-state index in [0.29, 0.717) is 0 Å². The molecule has 134 valence electrons. The molecule has 1 aliphatic carbocycles. The van der Waals surface area contributed by atoms with Crippen LogP contribution in [0.1, 0.15) is 46.5 Å². The van der Waals surface area contributed by atoms with Gasteiger partial charge in [0.25, 0.3) is 0 Å². The highest BCUT2D eigenvalue weighted by Crippen LogP contribution is 2.32. The number of ether oxygens (including phenoxy) is 1. The van der Waals surface area contributed by atoms with Gasteiger partial charge in [-0.1, -0.05) is 12.1 Å². The lowest BCUT2D eigenvalue weighted by molar-refractivity contribution is 0.0370. The summed E-state index contributed by atoms with van der Waals surface area (Å²) in [5, 5.41) is 10.6. The number of rotatable bonds is 3. The third-order valence-electron chi connectivity index (χ3n) is 4.84. The highest BCUT2D eigenvalue weighted by Gasteiger charge is 2.36. The molecule has 0 aliphatic heterocycles. The number of nitrogens with zero attached hydrogens (tertiary/aromatic N) is 2. The van der Waals surface area contributed by atoms with Gasteiger partial charge in [-0.2, -0.15) is 0 Å². The van der Waals surface area contributed by atoms with Gasteiger partial charge in [0.05, 0.1) is 11.6 Å². The van der Waals surface area contributed by atoms with Crippen molar-refractivity contribution in [2.75, 3.05) is 0 Å². The fraction of sp³-hybridized carbons (Fsp3) is 0.500. The first-order valence-corrected chi connectivity index (χ1v) is 8.89. The van der Waals surface area contributed by atoms with Gasteiger partial charge in [0.1, 0.15) is 5.75 Å². The molecule has 2 aromatic rings. The molecule has 0 spiro atoms. The molecule has 0 atom stereocenters. The number of fused-ring (bicyclic) bond motifs is 1. The molecule has 1 saturated carbocycles. The summed E-state index contributed by atoms with van der Waals surface area (Å²) in [6.45, 7) is 5.85. The zero-order valence-electron chi connectivity index (χ0n) is 15.1. The molecule has 3 rings (SSSR count). The second-order valence-electron chi connectivity index (χ2n) is 7.70. The standard InChI is InChI=1S/C20H26N2O3/c1-20(2,3)22(19(23)24)14-8-10-15(11-9-14)25-18-12-13-21-17-7-5-4-6-16(17)18/h4-7,12-15H,8-11H2,1-3H3,(H,23,24). The molecule has 0 bridgehead atoms. The molecule has 1 amide bonds. The number of benzene rings is 1. The van der Waals surface area contributed by atoms with E-state index in [1.807, 2.05) is 51.1 Å². The lowest BCUT2D eigenvalue weighted by atomic mass is 9.89. The van der Waals surface area contributed by atoms with Crippen molar-refractivity contribution in [3.63, 3.8) is 0 Å². The minimum absolute atomic E-state index is 0.0616. The van der Waals surface area contributed by atoms with Crippen molar-refractivity contribution < 1.29 is 14.6 Å². The summed E-state index contributed by atoms with van der Waals surface area (Å²) in [4.78, 5) is 17.6. The first-order chi connectivity index (χ1) is 11.9. The van der Waals surface area contributed by atoms with E-state index in [2.05, 4.69) is 4.98 Å². The Hall–Kier alpha value is -2.30. The van der Waals surface area contributed by atoms with Crippen LogP contribution >= 0.6 is 0 Å². The maximum atomic E-state index is 11.7. The molecule has 1 heterocycles. The largest absolute Gasteiger partial charge is 0.490 e. The van der Waals surface area contributed by atoms with Crippen LogP contribution < -0.4 is 4.74 Å². The highest BCUT2D eigenvalue weighted by atomic mass is 16.5. The van der Waals surface area contributed by atoms with Crippen molar-refractivity contribution in [3.05, 3.63) is 36.5 Å². The van der Waals surface area contributed by atoms with Crippen molar-refractivity contribution in [2.45, 2.75) is 64.1 Å². The molecule has 5 heteroatoms. The van der Waals surface area contributed by atoms with E-state index in [1.165, 1.54) is 0 Å². The Morgan fingerprint density at radius 3 is 2.48 bits per heavy atom. The average molecular weight is 342 g/mol. The molecule has 0 unspecified atom stereocenters. The van der Waals surface area contributed by atoms with E-state index < -0.39 is 6.09 Å². The quantitative estimate of drug-likeness (QED) is 0.878. The van der Waals surface area contributed by atoms with Crippen LogP contribution in [0.3, 0.4) is 0 Å². The monoisotopic (exact) mass is 342 g/mol. The Labute approximate surface area is 148 Å². The Bertz CT molecular complexity index is 741. The van der Waals surface area contributed by atoms with Crippen molar-refractivity contribution in [1.82, 2.24) is 9.88 Å². The van der Waals surface area contributed by atoms with Gasteiger partial charge in [-0.05, 0) is 64.7 Å². The van der Waals surface area contributed by atoms with Crippen LogP contribution in [0.5, 0.6) is 5.75 Å². The normalized spacial score (nSPS) is 21.1. The molecule has 1 fully saturated rings. The summed E-state index contributed by atoms with van der Waals surface area (Å²) in [5.41, 5.74) is 0.546. The van der Waals surface area contributed by atoms with Gasteiger partial charge in [-0.25, -0.2) is 4.79 Å². The van der Waals surface area contributed by atoms with Gasteiger partial charge < -0.3 is 14.7 Å². The molecule has 1 aromatic heterocycles. The van der Waals surface area contributed by atoms with Gasteiger partial charge >= 0.3 is 6.09 Å². The van der Waals surface area contributed by atoms with Gasteiger partial charge in [0, 0.05) is 23.2 Å². The van der Waals surface area contributed by atoms with E-state index >= 15 is 0 Å². The first-order valence-electron chi connectivity index (χ1n) is 8.89. The molecule has 25 heavy (non-hydrogen) atoms. The van der Waals surface area contributed by atoms with E-state index in [1.54, 1.807) is 11.1 Å². The summed E-state index contributed by atoms with van der Waals surface area (Å²) in [6, 6.07) is 9.93. The van der Waals surface area contributed by atoms with E-state index in [4.69, 9.17) is 4.74 Å². The molecule has 1 aliphatic rings. The lowest BCUT2D eigenvalue weighted by Gasteiger charge is -2.42. The van der Waals surface area contributed by atoms with Crippen LogP contribution in [-0.2, 0) is 0 Å². The molecular weight excluding hydrogens is 316 g/mol. The van der Waals surface area contributed by atoms with E-state index in [9.17, 15) is 9.90 Å². The van der Waals surface area contributed by atoms with Gasteiger partial charge in [0.15, 0.2) is 0 Å². The fourth-order valence-electron chi connectivity index (χ4n) is 3.76. The Balaban J connectivity index is 1.67. The molecule has 1 N–H and O–H groups in total. The minimum atomic E-state index is -0.836. The SMILES string of the molecule is CC(C)(C)N(C(=O)O)C1CCC(Oc2ccnc3ccccc23)CC1. The smallest absolute Gasteiger partial charge is 0.407 e. The van der Waals surface area contributed by atoms with Gasteiger partial charge in [0.2, 0.25) is 0 Å². The van der Waals surface area contributed by atoms with E-state index in [-0.39, 0.29) is 17.7 Å². The summed E-state index contributed by atoms with van der Waals surface area (Å²) >= 11 is 0. The Morgan fingerprint density at radius 2 is 1.84 bits per heavy atom. The number of carbonyl (C=O) groups is 1. The first kappa shape index (κ1) is 17.5. The average Bonchev–Trinajstić information content (AvgIpc) is 2.55. The molecule has 0 saturated heterocycles. The summed E-state index contributed by atoms with van der Waals surface area (Å²) in [5.74, 6) is 0.861. The number of aromatic nitrogens is 1. The number of hydrogen-bond donors (Lipinski definition) is 1. The summed E-state index contributed by atoms with van der Waals surface area (Å²) < 4.78 is 6.24. The van der Waals surface area contributed by atoms with Crippen LogP contribution in [0.15, 0.2) is 36.5 Å². The van der Waals surface area contributed by atoms with Gasteiger partial charge in [-0.3, -0.25) is 4.98 Å². The topological polar surface area (TPSA) is 62.7 Å². The second kappa shape index (κ2) is 6.90. The lowest BCUT2D eigenvalue weighted by Crippen LogP contribution is -2.52. The highest BCUT2D eigenvalue weighted by molar-refractivity contribution is 5.84. The van der Waals surface area contributed by atoms with Crippen molar-refractivity contribution in [3.8, 4) is 5.75 Å². The molecular formula is C20H26N2O3. The zero-order valence-corrected chi connectivity index (χ0v) is 15.1.